The van der Waals surface area contributed by atoms with E-state index in [9.17, 15) is 5.11 Å². The van der Waals surface area contributed by atoms with Gasteiger partial charge in [-0.25, -0.2) is 5.43 Å². The Morgan fingerprint density at radius 1 is 1.25 bits per heavy atom. The average molecular weight is 509 g/mol. The number of ether oxygens (including phenoxy) is 1. The highest BCUT2D eigenvalue weighted by Gasteiger charge is 2.19. The van der Waals surface area contributed by atoms with Crippen molar-refractivity contribution in [1.29, 1.82) is 0 Å². The highest BCUT2D eigenvalue weighted by molar-refractivity contribution is 7.98. The second-order valence-electron chi connectivity index (χ2n) is 9.28. The van der Waals surface area contributed by atoms with Gasteiger partial charge in [-0.2, -0.15) is 0 Å². The Labute approximate surface area is 220 Å². The number of allylic oxidation sites excluding steroid dienone is 1. The van der Waals surface area contributed by atoms with E-state index in [-0.39, 0.29) is 6.10 Å². The lowest BCUT2D eigenvalue weighted by atomic mass is 10.0. The molecule has 1 saturated heterocycles. The van der Waals surface area contributed by atoms with Gasteiger partial charge in [0.1, 0.15) is 5.75 Å². The zero-order chi connectivity index (χ0) is 25.9. The van der Waals surface area contributed by atoms with Crippen molar-refractivity contribution in [3.8, 4) is 17.6 Å². The van der Waals surface area contributed by atoms with E-state index in [4.69, 9.17) is 4.74 Å². The summed E-state index contributed by atoms with van der Waals surface area (Å²) in [5.41, 5.74) is 12.3. The quantitative estimate of drug-likeness (QED) is 0.204. The van der Waals surface area contributed by atoms with Crippen LogP contribution in [0.2, 0.25) is 0 Å². The number of aryl methyl sites for hydroxylation is 1. The van der Waals surface area contributed by atoms with Gasteiger partial charge in [-0.1, -0.05) is 24.0 Å². The molecule has 1 heterocycles. The lowest BCUT2D eigenvalue weighted by molar-refractivity contribution is 0.106. The maximum atomic E-state index is 9.62. The summed E-state index contributed by atoms with van der Waals surface area (Å²) in [5, 5.41) is 13.0. The topological polar surface area (TPSA) is 68.8 Å². The molecule has 1 unspecified atom stereocenters. The maximum Gasteiger partial charge on any atom is 0.143 e. The Kier molecular flexibility index (Phi) is 11.0. The molecule has 0 bridgehead atoms. The van der Waals surface area contributed by atoms with Gasteiger partial charge < -0.3 is 25.5 Å². The normalized spacial score (nSPS) is 15.7. The minimum atomic E-state index is -0.272. The van der Waals surface area contributed by atoms with Crippen LogP contribution in [0.4, 0.5) is 11.4 Å². The van der Waals surface area contributed by atoms with Crippen molar-refractivity contribution in [2.75, 3.05) is 50.3 Å². The number of β-amino-alcohol motifs (C(OH)–C–C–N with tert-alkyl or cyclic N) is 1. The van der Waals surface area contributed by atoms with Gasteiger partial charge in [0.2, 0.25) is 0 Å². The Morgan fingerprint density at radius 3 is 2.72 bits per heavy atom. The number of methoxy groups -OCH3 is 1. The molecule has 2 aromatic rings. The third kappa shape index (κ3) is 8.49. The fraction of sp³-hybridized carbons (Fsp3) is 0.448. The molecule has 1 aliphatic heterocycles. The predicted molar refractivity (Wildman–Crippen MR) is 154 cm³/mol. The molecular weight excluding hydrogens is 468 g/mol. The van der Waals surface area contributed by atoms with Crippen LogP contribution < -0.4 is 20.9 Å². The van der Waals surface area contributed by atoms with Gasteiger partial charge in [-0.05, 0) is 94.4 Å². The number of aliphatic hydroxyl groups is 1. The van der Waals surface area contributed by atoms with Crippen molar-refractivity contribution >= 4 is 29.2 Å². The van der Waals surface area contributed by atoms with Gasteiger partial charge in [-0.3, -0.25) is 0 Å². The number of nitrogens with one attached hydrogen (secondary N) is 3. The third-order valence-corrected chi connectivity index (χ3v) is 6.99. The zero-order valence-electron chi connectivity index (χ0n) is 22.1. The van der Waals surface area contributed by atoms with E-state index in [0.717, 1.165) is 60.7 Å². The number of piperidine rings is 1. The van der Waals surface area contributed by atoms with E-state index in [1.54, 1.807) is 18.9 Å². The Balaban J connectivity index is 1.58. The van der Waals surface area contributed by atoms with E-state index in [0.29, 0.717) is 12.6 Å². The molecule has 0 radical (unpaired) electrons. The van der Waals surface area contributed by atoms with Crippen molar-refractivity contribution in [3.63, 3.8) is 0 Å². The van der Waals surface area contributed by atoms with Gasteiger partial charge >= 0.3 is 0 Å². The summed E-state index contributed by atoms with van der Waals surface area (Å²) >= 11 is 1.69. The molecule has 0 amide bonds. The summed E-state index contributed by atoms with van der Waals surface area (Å²) in [6, 6.07) is 12.8. The summed E-state index contributed by atoms with van der Waals surface area (Å²) in [5.74, 6) is 7.32. The molecule has 1 aliphatic rings. The molecule has 36 heavy (non-hydrogen) atoms. The summed E-state index contributed by atoms with van der Waals surface area (Å²) < 4.78 is 5.50. The number of likely N-dealkylation sites (tertiary alicyclic amines) is 1. The smallest absolute Gasteiger partial charge is 0.143 e. The van der Waals surface area contributed by atoms with Crippen molar-refractivity contribution in [3.05, 3.63) is 53.1 Å². The van der Waals surface area contributed by atoms with Crippen molar-refractivity contribution in [2.45, 2.75) is 50.7 Å². The summed E-state index contributed by atoms with van der Waals surface area (Å²) in [7, 11) is 1.69. The molecule has 4 N–H and O–H groups in total. The number of benzene rings is 2. The van der Waals surface area contributed by atoms with E-state index in [1.165, 1.54) is 10.5 Å². The van der Waals surface area contributed by atoms with Crippen LogP contribution in [-0.2, 0) is 0 Å². The lowest BCUT2D eigenvalue weighted by Crippen LogP contribution is -2.46. The number of rotatable bonds is 10. The van der Waals surface area contributed by atoms with Crippen LogP contribution in [0, 0.1) is 18.8 Å². The van der Waals surface area contributed by atoms with E-state index in [1.807, 2.05) is 26.0 Å². The summed E-state index contributed by atoms with van der Waals surface area (Å²) in [6.45, 7) is 9.31. The minimum Gasteiger partial charge on any atom is -0.495 e. The first-order valence-electron chi connectivity index (χ1n) is 12.5. The summed E-state index contributed by atoms with van der Waals surface area (Å²) in [4.78, 5) is 3.50. The first-order valence-corrected chi connectivity index (χ1v) is 13.8. The fourth-order valence-corrected chi connectivity index (χ4v) is 4.74. The SMILES string of the molecule is COc1cc(SC)ccc1NCC#C/C(C)=C/c1c(C)cccc1NNC1CCN(CC(C)O)CC1. The van der Waals surface area contributed by atoms with Gasteiger partial charge in [0.05, 0.1) is 31.1 Å². The largest absolute Gasteiger partial charge is 0.495 e. The number of nitrogens with zero attached hydrogens (tertiary/aromatic N) is 1. The molecular formula is C29H40N4O2S. The maximum absolute atomic E-state index is 9.62. The van der Waals surface area contributed by atoms with E-state index in [2.05, 4.69) is 76.4 Å². The standard InChI is InChI=1S/C29H40N4O2S/c1-21(8-7-15-30-28-12-11-25(36-5)19-29(28)35-4)18-26-22(2)9-6-10-27(26)32-31-24-13-16-33(17-14-24)20-23(3)34/h6,9-12,18-19,23-24,30-32,34H,13-17,20H2,1-5H3/b21-18+. The molecule has 0 spiro atoms. The molecule has 2 aromatic carbocycles. The molecule has 7 heteroatoms. The molecule has 1 fully saturated rings. The van der Waals surface area contributed by atoms with Crippen LogP contribution in [0.15, 0.2) is 46.9 Å². The van der Waals surface area contributed by atoms with Crippen LogP contribution in [0.25, 0.3) is 6.08 Å². The van der Waals surface area contributed by atoms with Crippen LogP contribution in [-0.4, -0.2) is 61.7 Å². The molecule has 0 saturated carbocycles. The van der Waals surface area contributed by atoms with Gasteiger partial charge in [-0.15, -0.1) is 11.8 Å². The van der Waals surface area contributed by atoms with Gasteiger partial charge in [0.15, 0.2) is 0 Å². The number of hydrogen-bond donors (Lipinski definition) is 4. The Bertz CT molecular complexity index is 1080. The third-order valence-electron chi connectivity index (χ3n) is 6.27. The van der Waals surface area contributed by atoms with Crippen molar-refractivity contribution in [1.82, 2.24) is 10.3 Å². The lowest BCUT2D eigenvalue weighted by Gasteiger charge is -2.33. The van der Waals surface area contributed by atoms with Crippen LogP contribution >= 0.6 is 11.8 Å². The molecule has 3 rings (SSSR count). The predicted octanol–water partition coefficient (Wildman–Crippen LogP) is 5.01. The number of aliphatic hydroxyl groups excluding tert-OH is 1. The molecule has 6 nitrogen and oxygen atoms in total. The number of hydrazine groups is 1. The molecule has 194 valence electrons. The second-order valence-corrected chi connectivity index (χ2v) is 10.2. The van der Waals surface area contributed by atoms with E-state index >= 15 is 0 Å². The fourth-order valence-electron chi connectivity index (χ4n) is 4.31. The Hall–Kier alpha value is -2.63. The van der Waals surface area contributed by atoms with Gasteiger partial charge in [0, 0.05) is 23.0 Å². The molecule has 0 aliphatic carbocycles. The molecule has 0 aromatic heterocycles. The van der Waals surface area contributed by atoms with Gasteiger partial charge in [0.25, 0.3) is 0 Å². The minimum absolute atomic E-state index is 0.272. The first-order chi connectivity index (χ1) is 17.4. The number of anilines is 2. The Morgan fingerprint density at radius 2 is 2.03 bits per heavy atom. The monoisotopic (exact) mass is 508 g/mol. The van der Waals surface area contributed by atoms with Crippen LogP contribution in [0.3, 0.4) is 0 Å². The summed E-state index contributed by atoms with van der Waals surface area (Å²) in [6.07, 6.45) is 6.03. The first kappa shape index (κ1) is 27.9. The van der Waals surface area contributed by atoms with Crippen molar-refractivity contribution < 1.29 is 9.84 Å². The molecule has 1 atom stereocenters. The number of hydrogen-bond acceptors (Lipinski definition) is 7. The second kappa shape index (κ2) is 14.2. The number of thioether (sulfide) groups is 1. The van der Waals surface area contributed by atoms with Crippen LogP contribution in [0.5, 0.6) is 5.75 Å². The van der Waals surface area contributed by atoms with E-state index < -0.39 is 0 Å². The highest BCUT2D eigenvalue weighted by Crippen LogP contribution is 2.29. The highest BCUT2D eigenvalue weighted by atomic mass is 32.2. The van der Waals surface area contributed by atoms with Crippen LogP contribution in [0.1, 0.15) is 37.8 Å². The average Bonchev–Trinajstić information content (AvgIpc) is 2.87. The zero-order valence-corrected chi connectivity index (χ0v) is 23.0. The van der Waals surface area contributed by atoms with Crippen molar-refractivity contribution in [2.24, 2.45) is 0 Å².